The molecule has 1 atom stereocenters. The van der Waals surface area contributed by atoms with Gasteiger partial charge in [-0.25, -0.2) is 13.6 Å². The molecule has 2 aliphatic rings. The number of nitrogens with zero attached hydrogens (tertiary/aromatic N) is 2. The first-order valence-electron chi connectivity index (χ1n) is 8.02. The zero-order valence-electron chi connectivity index (χ0n) is 13.8. The maximum Gasteiger partial charge on any atom is 0.339 e. The number of nitrogens with one attached hydrogen (secondary N) is 1. The summed E-state index contributed by atoms with van der Waals surface area (Å²) in [5, 5.41) is 8.66. The van der Waals surface area contributed by atoms with Crippen LogP contribution in [-0.2, 0) is 4.87 Å². The minimum absolute atomic E-state index is 0.0662. The van der Waals surface area contributed by atoms with Gasteiger partial charge < -0.3 is 5.32 Å². The van der Waals surface area contributed by atoms with E-state index in [4.69, 9.17) is 0 Å². The summed E-state index contributed by atoms with van der Waals surface area (Å²) in [6.07, 6.45) is 0.650. The van der Waals surface area contributed by atoms with Crippen molar-refractivity contribution >= 4 is 34.6 Å². The molecule has 134 valence electrons. The van der Waals surface area contributed by atoms with Crippen LogP contribution in [0, 0.1) is 11.6 Å². The van der Waals surface area contributed by atoms with E-state index < -0.39 is 16.5 Å². The van der Waals surface area contributed by atoms with Crippen molar-refractivity contribution in [2.24, 2.45) is 5.10 Å². The molecule has 0 saturated heterocycles. The lowest BCUT2D eigenvalue weighted by Gasteiger charge is -2.39. The number of carbonyl (C=O) groups is 1. The Morgan fingerprint density at radius 2 is 2.08 bits per heavy atom. The summed E-state index contributed by atoms with van der Waals surface area (Å²) in [7, 11) is 1.53. The summed E-state index contributed by atoms with van der Waals surface area (Å²) in [5.41, 5.74) is 1.02. The van der Waals surface area contributed by atoms with Gasteiger partial charge in [0.05, 0.1) is 0 Å². The van der Waals surface area contributed by atoms with Gasteiger partial charge in [-0.05, 0) is 30.7 Å². The van der Waals surface area contributed by atoms with Crippen molar-refractivity contribution in [1.29, 1.82) is 0 Å². The number of hydrazone groups is 1. The normalized spacial score (nSPS) is 21.5. The summed E-state index contributed by atoms with van der Waals surface area (Å²) in [6.45, 7) is 0. The molecule has 8 heteroatoms. The number of fused-ring (bicyclic) bond motifs is 2. The van der Waals surface area contributed by atoms with E-state index in [2.05, 4.69) is 10.4 Å². The zero-order chi connectivity index (χ0) is 18.3. The van der Waals surface area contributed by atoms with E-state index in [0.29, 0.717) is 11.5 Å². The molecule has 0 aliphatic carbocycles. The number of benzene rings is 2. The van der Waals surface area contributed by atoms with Crippen molar-refractivity contribution in [2.45, 2.75) is 16.2 Å². The predicted octanol–water partition coefficient (Wildman–Crippen LogP) is 4.36. The zero-order valence-corrected chi connectivity index (χ0v) is 15.5. The highest BCUT2D eigenvalue weighted by Crippen LogP contribution is 2.55. The summed E-state index contributed by atoms with van der Waals surface area (Å²) in [5.74, 6) is -0.312. The predicted molar refractivity (Wildman–Crippen MR) is 100 cm³/mol. The number of halogens is 2. The first kappa shape index (κ1) is 17.4. The van der Waals surface area contributed by atoms with Crippen LogP contribution in [0.25, 0.3) is 0 Å². The molecule has 2 aromatic carbocycles. The van der Waals surface area contributed by atoms with E-state index in [0.717, 1.165) is 34.4 Å². The molecule has 0 bridgehead atoms. The fraction of sp³-hybridized carbons (Fsp3) is 0.222. The quantitative estimate of drug-likeness (QED) is 0.785. The smallest absolute Gasteiger partial charge is 0.339 e. The van der Waals surface area contributed by atoms with E-state index in [9.17, 15) is 13.6 Å². The third-order valence-electron chi connectivity index (χ3n) is 4.37. The van der Waals surface area contributed by atoms with Crippen molar-refractivity contribution in [3.05, 3.63) is 65.2 Å². The average molecular weight is 391 g/mol. The lowest BCUT2D eigenvalue weighted by Crippen LogP contribution is -2.46. The van der Waals surface area contributed by atoms with Crippen molar-refractivity contribution < 1.29 is 13.6 Å². The summed E-state index contributed by atoms with van der Waals surface area (Å²) < 4.78 is 28.0. The fourth-order valence-corrected chi connectivity index (χ4v) is 5.95. The molecule has 1 unspecified atom stereocenters. The Morgan fingerprint density at radius 1 is 1.27 bits per heavy atom. The van der Waals surface area contributed by atoms with Crippen molar-refractivity contribution in [1.82, 2.24) is 10.3 Å². The van der Waals surface area contributed by atoms with Crippen LogP contribution >= 0.6 is 23.5 Å². The number of urea groups is 1. The maximum atomic E-state index is 14.3. The Hall–Kier alpha value is -2.06. The molecular weight excluding hydrogens is 376 g/mol. The van der Waals surface area contributed by atoms with Crippen LogP contribution in [0.3, 0.4) is 0 Å². The van der Waals surface area contributed by atoms with E-state index in [1.807, 2.05) is 24.3 Å². The Morgan fingerprint density at radius 3 is 2.88 bits per heavy atom. The van der Waals surface area contributed by atoms with Crippen molar-refractivity contribution in [3.63, 3.8) is 0 Å². The molecule has 0 saturated carbocycles. The van der Waals surface area contributed by atoms with E-state index in [-0.39, 0.29) is 11.6 Å². The third-order valence-corrected chi connectivity index (χ3v) is 6.87. The molecule has 2 aliphatic heterocycles. The van der Waals surface area contributed by atoms with Gasteiger partial charge in [0, 0.05) is 28.8 Å². The van der Waals surface area contributed by atoms with Crippen LogP contribution in [-0.4, -0.2) is 28.9 Å². The first-order valence-corrected chi connectivity index (χ1v) is 9.82. The molecule has 2 amide bonds. The molecule has 0 radical (unpaired) electrons. The maximum absolute atomic E-state index is 14.3. The number of carbonyl (C=O) groups excluding carboxylic acids is 1. The number of hydrogen-bond acceptors (Lipinski definition) is 4. The standard InChI is InChI=1S/C18H15F2N3OS2/c1-21-17(24)23-18(8-9-25-15-5-3-2-4-13(15)18)26-16(22-23)12-10-11(19)6-7-14(12)20/h2-7,10H,8-9H2,1H3,(H,21,24). The fourth-order valence-electron chi connectivity index (χ4n) is 3.16. The van der Waals surface area contributed by atoms with Crippen LogP contribution in [0.15, 0.2) is 52.5 Å². The van der Waals surface area contributed by atoms with Gasteiger partial charge in [-0.1, -0.05) is 30.0 Å². The summed E-state index contributed by atoms with van der Waals surface area (Å²) >= 11 is 3.02. The van der Waals surface area contributed by atoms with Crippen LogP contribution in [0.2, 0.25) is 0 Å². The average Bonchev–Trinajstić information content (AvgIpc) is 3.03. The van der Waals surface area contributed by atoms with Crippen LogP contribution in [0.4, 0.5) is 13.6 Å². The number of thioether (sulfide) groups is 2. The number of amides is 2. The molecule has 1 N–H and O–H groups in total. The minimum Gasteiger partial charge on any atom is -0.340 e. The van der Waals surface area contributed by atoms with Crippen LogP contribution < -0.4 is 5.32 Å². The molecule has 4 nitrogen and oxygen atoms in total. The first-order chi connectivity index (χ1) is 12.5. The third kappa shape index (κ3) is 2.68. The summed E-state index contributed by atoms with van der Waals surface area (Å²) in [6, 6.07) is 10.7. The van der Waals surface area contributed by atoms with Gasteiger partial charge in [-0.15, -0.1) is 11.8 Å². The van der Waals surface area contributed by atoms with Crippen LogP contribution in [0.5, 0.6) is 0 Å². The Bertz CT molecular complexity index is 921. The lowest BCUT2D eigenvalue weighted by molar-refractivity contribution is 0.166. The van der Waals surface area contributed by atoms with Gasteiger partial charge in [-0.3, -0.25) is 0 Å². The molecule has 0 aromatic heterocycles. The topological polar surface area (TPSA) is 44.7 Å². The van der Waals surface area contributed by atoms with Gasteiger partial charge in [-0.2, -0.15) is 10.1 Å². The highest BCUT2D eigenvalue weighted by Gasteiger charge is 2.51. The van der Waals surface area contributed by atoms with Gasteiger partial charge in [0.25, 0.3) is 0 Å². The molecule has 0 fully saturated rings. The second-order valence-electron chi connectivity index (χ2n) is 5.88. The second kappa shape index (κ2) is 6.59. The Balaban J connectivity index is 1.85. The van der Waals surface area contributed by atoms with Gasteiger partial charge in [0.1, 0.15) is 21.5 Å². The number of hydrogen-bond donors (Lipinski definition) is 1. The molecule has 26 heavy (non-hydrogen) atoms. The molecular formula is C18H15F2N3OS2. The molecule has 2 aromatic rings. The molecule has 4 rings (SSSR count). The largest absolute Gasteiger partial charge is 0.340 e. The van der Waals surface area contributed by atoms with Gasteiger partial charge in [0.15, 0.2) is 0 Å². The van der Waals surface area contributed by atoms with Crippen LogP contribution in [0.1, 0.15) is 17.5 Å². The highest BCUT2D eigenvalue weighted by atomic mass is 32.2. The highest BCUT2D eigenvalue weighted by molar-refractivity contribution is 8.15. The monoisotopic (exact) mass is 391 g/mol. The number of rotatable bonds is 1. The second-order valence-corrected chi connectivity index (χ2v) is 8.28. The molecule has 1 spiro atoms. The lowest BCUT2D eigenvalue weighted by atomic mass is 10.0. The van der Waals surface area contributed by atoms with Gasteiger partial charge in [0.2, 0.25) is 0 Å². The van der Waals surface area contributed by atoms with E-state index in [1.54, 1.807) is 11.8 Å². The minimum atomic E-state index is -0.768. The Labute approximate surface area is 158 Å². The van der Waals surface area contributed by atoms with E-state index >= 15 is 0 Å². The SMILES string of the molecule is CNC(=O)N1N=C(c2cc(F)ccc2F)SC12CCSc1ccccc12. The Kier molecular flexibility index (Phi) is 4.40. The summed E-state index contributed by atoms with van der Waals surface area (Å²) in [4.78, 5) is 12.8. The van der Waals surface area contributed by atoms with Crippen molar-refractivity contribution in [2.75, 3.05) is 12.8 Å². The van der Waals surface area contributed by atoms with Crippen molar-refractivity contribution in [3.8, 4) is 0 Å². The van der Waals surface area contributed by atoms with Gasteiger partial charge >= 0.3 is 6.03 Å². The molecule has 2 heterocycles. The van der Waals surface area contributed by atoms with E-state index in [1.165, 1.54) is 23.8 Å².